The highest BCUT2D eigenvalue weighted by Crippen LogP contribution is 2.43. The van der Waals surface area contributed by atoms with E-state index in [0.29, 0.717) is 6.54 Å². The van der Waals surface area contributed by atoms with Crippen molar-refractivity contribution in [3.05, 3.63) is 0 Å². The molecule has 0 heterocycles. The van der Waals surface area contributed by atoms with Crippen LogP contribution in [0.2, 0.25) is 0 Å². The summed E-state index contributed by atoms with van der Waals surface area (Å²) >= 11 is 0. The van der Waals surface area contributed by atoms with Gasteiger partial charge >= 0.3 is 0 Å². The molecule has 0 bridgehead atoms. The van der Waals surface area contributed by atoms with Crippen LogP contribution < -0.4 is 5.32 Å². The first-order valence-corrected chi connectivity index (χ1v) is 5.35. The van der Waals surface area contributed by atoms with Crippen molar-refractivity contribution in [1.29, 1.82) is 5.26 Å². The molecular formula is C11H20N2O. The molecule has 1 atom stereocenters. The number of aliphatic hydroxyl groups is 1. The normalized spacial score (nSPS) is 31.0. The van der Waals surface area contributed by atoms with E-state index in [1.54, 1.807) is 0 Å². The summed E-state index contributed by atoms with van der Waals surface area (Å²) in [7, 11) is 0. The summed E-state index contributed by atoms with van der Waals surface area (Å²) in [5, 5.41) is 21.3. The Morgan fingerprint density at radius 1 is 1.36 bits per heavy atom. The first kappa shape index (κ1) is 11.5. The largest absolute Gasteiger partial charge is 0.395 e. The van der Waals surface area contributed by atoms with E-state index in [9.17, 15) is 5.26 Å². The monoisotopic (exact) mass is 196 g/mol. The van der Waals surface area contributed by atoms with Gasteiger partial charge in [0.2, 0.25) is 0 Å². The van der Waals surface area contributed by atoms with E-state index in [1.165, 1.54) is 6.42 Å². The number of β-amino-alcohol motifs (C(OH)–C–C–N with tert-alkyl or cyclic N) is 1. The molecule has 2 N–H and O–H groups in total. The number of rotatable bonds is 3. The predicted octanol–water partition coefficient (Wildman–Crippen LogP) is 1.43. The lowest BCUT2D eigenvalue weighted by Crippen LogP contribution is -2.57. The number of hydrogen-bond acceptors (Lipinski definition) is 3. The minimum Gasteiger partial charge on any atom is -0.395 e. The molecule has 0 spiro atoms. The van der Waals surface area contributed by atoms with Crippen LogP contribution in [0.15, 0.2) is 0 Å². The van der Waals surface area contributed by atoms with Gasteiger partial charge in [-0.3, -0.25) is 5.32 Å². The molecule has 0 amide bonds. The van der Waals surface area contributed by atoms with Gasteiger partial charge in [0.15, 0.2) is 0 Å². The maximum atomic E-state index is 9.31. The van der Waals surface area contributed by atoms with E-state index in [1.807, 2.05) is 0 Å². The second-order valence-corrected chi connectivity index (χ2v) is 4.76. The average molecular weight is 196 g/mol. The van der Waals surface area contributed by atoms with Crippen molar-refractivity contribution in [1.82, 2.24) is 5.32 Å². The Bertz CT molecular complexity index is 232. The fourth-order valence-corrected chi connectivity index (χ4v) is 2.35. The summed E-state index contributed by atoms with van der Waals surface area (Å²) in [5.74, 6) is 0. The van der Waals surface area contributed by atoms with Crippen LogP contribution in [-0.2, 0) is 0 Å². The molecular weight excluding hydrogens is 176 g/mol. The smallest absolute Gasteiger partial charge is 0.111 e. The van der Waals surface area contributed by atoms with Crippen LogP contribution >= 0.6 is 0 Å². The number of nitrogens with one attached hydrogen (secondary N) is 1. The van der Waals surface area contributed by atoms with Crippen LogP contribution in [0.25, 0.3) is 0 Å². The van der Waals surface area contributed by atoms with Gasteiger partial charge in [-0.25, -0.2) is 0 Å². The minimum atomic E-state index is -0.437. The van der Waals surface area contributed by atoms with E-state index < -0.39 is 5.54 Å². The molecule has 1 unspecified atom stereocenters. The van der Waals surface area contributed by atoms with E-state index in [4.69, 9.17) is 5.11 Å². The highest BCUT2D eigenvalue weighted by Gasteiger charge is 2.46. The predicted molar refractivity (Wildman–Crippen MR) is 55.7 cm³/mol. The van der Waals surface area contributed by atoms with Crippen LogP contribution in [0.5, 0.6) is 0 Å². The third-order valence-electron chi connectivity index (χ3n) is 3.49. The van der Waals surface area contributed by atoms with Crippen molar-refractivity contribution in [2.24, 2.45) is 5.41 Å². The SMILES string of the molecule is CC1(C)CCCCC1(C#N)NCCO. The average Bonchev–Trinajstić information content (AvgIpc) is 2.16. The zero-order valence-electron chi connectivity index (χ0n) is 9.14. The molecule has 0 aliphatic heterocycles. The molecule has 80 valence electrons. The van der Waals surface area contributed by atoms with Crippen molar-refractivity contribution in [2.75, 3.05) is 13.2 Å². The van der Waals surface area contributed by atoms with Crippen molar-refractivity contribution < 1.29 is 5.11 Å². The minimum absolute atomic E-state index is 0.00910. The zero-order chi connectivity index (χ0) is 10.7. The van der Waals surface area contributed by atoms with Gasteiger partial charge in [0.05, 0.1) is 12.7 Å². The standard InChI is InChI=1S/C11H20N2O/c1-10(2)5-3-4-6-11(10,9-12)13-7-8-14/h13-14H,3-8H2,1-2H3. The lowest BCUT2D eigenvalue weighted by Gasteiger charge is -2.46. The molecule has 0 aromatic rings. The summed E-state index contributed by atoms with van der Waals surface area (Å²) in [6.45, 7) is 4.88. The van der Waals surface area contributed by atoms with Crippen LogP contribution in [0.4, 0.5) is 0 Å². The highest BCUT2D eigenvalue weighted by molar-refractivity contribution is 5.16. The molecule has 1 rings (SSSR count). The molecule has 0 aromatic carbocycles. The Morgan fingerprint density at radius 2 is 2.00 bits per heavy atom. The number of hydrogen-bond donors (Lipinski definition) is 2. The molecule has 3 heteroatoms. The summed E-state index contributed by atoms with van der Waals surface area (Å²) in [6.07, 6.45) is 4.29. The van der Waals surface area contributed by atoms with Crippen LogP contribution in [0, 0.1) is 16.7 Å². The fraction of sp³-hybridized carbons (Fsp3) is 0.909. The van der Waals surface area contributed by atoms with E-state index in [0.717, 1.165) is 19.3 Å². The molecule has 14 heavy (non-hydrogen) atoms. The molecule has 1 saturated carbocycles. The van der Waals surface area contributed by atoms with Crippen molar-refractivity contribution in [2.45, 2.75) is 45.1 Å². The second kappa shape index (κ2) is 4.29. The maximum Gasteiger partial charge on any atom is 0.111 e. The topological polar surface area (TPSA) is 56.0 Å². The maximum absolute atomic E-state index is 9.31. The molecule has 1 aliphatic carbocycles. The molecule has 0 radical (unpaired) electrons. The lowest BCUT2D eigenvalue weighted by atomic mass is 9.64. The van der Waals surface area contributed by atoms with Gasteiger partial charge in [-0.15, -0.1) is 0 Å². The van der Waals surface area contributed by atoms with E-state index in [2.05, 4.69) is 25.2 Å². The van der Waals surface area contributed by atoms with Crippen LogP contribution in [0.3, 0.4) is 0 Å². The van der Waals surface area contributed by atoms with Gasteiger partial charge in [0.1, 0.15) is 5.54 Å². The second-order valence-electron chi connectivity index (χ2n) is 4.76. The summed E-state index contributed by atoms with van der Waals surface area (Å²) in [6, 6.07) is 2.42. The highest BCUT2D eigenvalue weighted by atomic mass is 16.3. The lowest BCUT2D eigenvalue weighted by molar-refractivity contribution is 0.104. The summed E-state index contributed by atoms with van der Waals surface area (Å²) < 4.78 is 0. The first-order valence-electron chi connectivity index (χ1n) is 5.35. The third-order valence-corrected chi connectivity index (χ3v) is 3.49. The molecule has 1 aliphatic rings. The Labute approximate surface area is 86.1 Å². The Kier molecular flexibility index (Phi) is 3.52. The van der Waals surface area contributed by atoms with Crippen molar-refractivity contribution >= 4 is 0 Å². The third kappa shape index (κ3) is 1.92. The summed E-state index contributed by atoms with van der Waals surface area (Å²) in [5.41, 5.74) is -0.427. The van der Waals surface area contributed by atoms with Gasteiger partial charge in [-0.05, 0) is 18.3 Å². The Hall–Kier alpha value is -0.590. The van der Waals surface area contributed by atoms with Crippen molar-refractivity contribution in [3.63, 3.8) is 0 Å². The van der Waals surface area contributed by atoms with Crippen LogP contribution in [0.1, 0.15) is 39.5 Å². The molecule has 1 fully saturated rings. The first-order chi connectivity index (χ1) is 6.58. The van der Waals surface area contributed by atoms with E-state index in [-0.39, 0.29) is 12.0 Å². The van der Waals surface area contributed by atoms with Gasteiger partial charge < -0.3 is 5.11 Å². The molecule has 0 saturated heterocycles. The van der Waals surface area contributed by atoms with Crippen LogP contribution in [-0.4, -0.2) is 23.8 Å². The van der Waals surface area contributed by atoms with Gasteiger partial charge in [-0.1, -0.05) is 26.7 Å². The van der Waals surface area contributed by atoms with Gasteiger partial charge in [-0.2, -0.15) is 5.26 Å². The fourth-order valence-electron chi connectivity index (χ4n) is 2.35. The Balaban J connectivity index is 2.79. The Morgan fingerprint density at radius 3 is 2.50 bits per heavy atom. The van der Waals surface area contributed by atoms with E-state index >= 15 is 0 Å². The quantitative estimate of drug-likeness (QED) is 0.718. The zero-order valence-corrected chi connectivity index (χ0v) is 9.14. The number of nitriles is 1. The number of aliphatic hydroxyl groups excluding tert-OH is 1. The molecule has 3 nitrogen and oxygen atoms in total. The van der Waals surface area contributed by atoms with Gasteiger partial charge in [0, 0.05) is 6.54 Å². The number of nitrogens with zero attached hydrogens (tertiary/aromatic N) is 1. The van der Waals surface area contributed by atoms with Gasteiger partial charge in [0.25, 0.3) is 0 Å². The van der Waals surface area contributed by atoms with Crippen molar-refractivity contribution in [3.8, 4) is 6.07 Å². The summed E-state index contributed by atoms with van der Waals surface area (Å²) in [4.78, 5) is 0. The molecule has 0 aromatic heterocycles.